The van der Waals surface area contributed by atoms with E-state index in [2.05, 4.69) is 39.0 Å². The maximum atomic E-state index is 6.84. The van der Waals surface area contributed by atoms with E-state index in [0.29, 0.717) is 0 Å². The summed E-state index contributed by atoms with van der Waals surface area (Å²) in [6.45, 7) is 7.53. The zero-order valence-electron chi connectivity index (χ0n) is 13.9. The lowest BCUT2D eigenvalue weighted by Crippen LogP contribution is -2.42. The first-order valence-corrected chi connectivity index (χ1v) is 8.56. The smallest absolute Gasteiger partial charge is 0.124 e. The van der Waals surface area contributed by atoms with Crippen LogP contribution in [-0.2, 0) is 5.54 Å². The van der Waals surface area contributed by atoms with Crippen molar-refractivity contribution in [2.75, 3.05) is 6.61 Å². The molecule has 2 rings (SSSR count). The van der Waals surface area contributed by atoms with Gasteiger partial charge in [-0.25, -0.2) is 0 Å². The molecule has 0 amide bonds. The van der Waals surface area contributed by atoms with Crippen LogP contribution in [0.3, 0.4) is 0 Å². The molecule has 1 saturated carbocycles. The zero-order valence-corrected chi connectivity index (χ0v) is 13.9. The molecule has 0 bridgehead atoms. The Kier molecular flexibility index (Phi) is 5.69. The average Bonchev–Trinajstić information content (AvgIpc) is 2.45. The molecule has 0 saturated heterocycles. The zero-order chi connectivity index (χ0) is 15.3. The van der Waals surface area contributed by atoms with Crippen LogP contribution >= 0.6 is 0 Å². The fourth-order valence-electron chi connectivity index (χ4n) is 3.75. The summed E-state index contributed by atoms with van der Waals surface area (Å²) >= 11 is 0. The summed E-state index contributed by atoms with van der Waals surface area (Å²) in [7, 11) is 0. The maximum Gasteiger partial charge on any atom is 0.124 e. The van der Waals surface area contributed by atoms with E-state index >= 15 is 0 Å². The van der Waals surface area contributed by atoms with E-state index in [9.17, 15) is 0 Å². The van der Waals surface area contributed by atoms with Gasteiger partial charge in [-0.2, -0.15) is 0 Å². The monoisotopic (exact) mass is 289 g/mol. The quantitative estimate of drug-likeness (QED) is 0.811. The standard InChI is InChI=1S/C19H31NO/c1-4-12-21-18-10-6-5-9-17(18)19(20)11-7-8-16(14-19)13-15(2)3/h5-6,9-10,15-16H,4,7-8,11-14,20H2,1-3H3. The second-order valence-corrected chi connectivity index (χ2v) is 7.09. The second kappa shape index (κ2) is 7.31. The van der Waals surface area contributed by atoms with Crippen molar-refractivity contribution in [3.05, 3.63) is 29.8 Å². The van der Waals surface area contributed by atoms with Crippen molar-refractivity contribution < 1.29 is 4.74 Å². The molecular formula is C19H31NO. The number of para-hydroxylation sites is 1. The largest absolute Gasteiger partial charge is 0.493 e. The van der Waals surface area contributed by atoms with Gasteiger partial charge in [-0.05, 0) is 43.6 Å². The van der Waals surface area contributed by atoms with E-state index in [1.807, 2.05) is 6.07 Å². The van der Waals surface area contributed by atoms with E-state index < -0.39 is 0 Å². The highest BCUT2D eigenvalue weighted by Gasteiger charge is 2.36. The summed E-state index contributed by atoms with van der Waals surface area (Å²) in [5, 5.41) is 0. The van der Waals surface area contributed by atoms with Crippen LogP contribution in [0.15, 0.2) is 24.3 Å². The Bertz CT molecular complexity index is 443. The lowest BCUT2D eigenvalue weighted by Gasteiger charge is -2.39. The van der Waals surface area contributed by atoms with Crippen LogP contribution in [0.4, 0.5) is 0 Å². The molecule has 2 N–H and O–H groups in total. The molecule has 1 aromatic rings. The number of hydrogen-bond donors (Lipinski definition) is 1. The van der Waals surface area contributed by atoms with E-state index in [4.69, 9.17) is 10.5 Å². The molecule has 1 fully saturated rings. The summed E-state index contributed by atoms with van der Waals surface area (Å²) in [5.41, 5.74) is 7.85. The lowest BCUT2D eigenvalue weighted by molar-refractivity contribution is 0.195. The molecule has 1 aromatic carbocycles. The van der Waals surface area contributed by atoms with E-state index in [-0.39, 0.29) is 5.54 Å². The molecule has 21 heavy (non-hydrogen) atoms. The minimum atomic E-state index is -0.206. The Morgan fingerprint density at radius 2 is 2.10 bits per heavy atom. The predicted molar refractivity (Wildman–Crippen MR) is 89.5 cm³/mol. The Morgan fingerprint density at radius 3 is 2.81 bits per heavy atom. The number of nitrogens with two attached hydrogens (primary N) is 1. The first-order chi connectivity index (χ1) is 10.0. The number of rotatable bonds is 6. The average molecular weight is 289 g/mol. The molecule has 1 aliphatic carbocycles. The van der Waals surface area contributed by atoms with Crippen LogP contribution < -0.4 is 10.5 Å². The molecule has 2 heteroatoms. The van der Waals surface area contributed by atoms with Gasteiger partial charge >= 0.3 is 0 Å². The summed E-state index contributed by atoms with van der Waals surface area (Å²) < 4.78 is 5.94. The van der Waals surface area contributed by atoms with Crippen molar-refractivity contribution in [2.24, 2.45) is 17.6 Å². The van der Waals surface area contributed by atoms with Crippen molar-refractivity contribution in [3.8, 4) is 5.75 Å². The van der Waals surface area contributed by atoms with Crippen LogP contribution in [0.25, 0.3) is 0 Å². The summed E-state index contributed by atoms with van der Waals surface area (Å²) in [5.74, 6) is 2.50. The van der Waals surface area contributed by atoms with Gasteiger partial charge in [0.25, 0.3) is 0 Å². The highest BCUT2D eigenvalue weighted by atomic mass is 16.5. The molecule has 0 aliphatic heterocycles. The van der Waals surface area contributed by atoms with Crippen molar-refractivity contribution in [1.29, 1.82) is 0 Å². The SMILES string of the molecule is CCCOc1ccccc1C1(N)CCCC(CC(C)C)C1. The van der Waals surface area contributed by atoms with Crippen molar-refractivity contribution in [3.63, 3.8) is 0 Å². The lowest BCUT2D eigenvalue weighted by atomic mass is 9.70. The molecule has 2 nitrogen and oxygen atoms in total. The molecule has 118 valence electrons. The molecule has 0 spiro atoms. The Morgan fingerprint density at radius 1 is 1.33 bits per heavy atom. The first kappa shape index (κ1) is 16.4. The molecule has 0 radical (unpaired) electrons. The highest BCUT2D eigenvalue weighted by molar-refractivity contribution is 5.39. The van der Waals surface area contributed by atoms with Crippen LogP contribution in [0, 0.1) is 11.8 Å². The van der Waals surface area contributed by atoms with Crippen LogP contribution in [0.2, 0.25) is 0 Å². The van der Waals surface area contributed by atoms with Gasteiger partial charge in [0.1, 0.15) is 5.75 Å². The normalized spacial score (nSPS) is 26.0. The van der Waals surface area contributed by atoms with Crippen LogP contribution in [0.5, 0.6) is 5.75 Å². The molecule has 1 aliphatic rings. The van der Waals surface area contributed by atoms with E-state index in [1.165, 1.54) is 24.8 Å². The van der Waals surface area contributed by atoms with Crippen LogP contribution in [-0.4, -0.2) is 6.61 Å². The molecule has 2 atom stereocenters. The topological polar surface area (TPSA) is 35.2 Å². The summed E-state index contributed by atoms with van der Waals surface area (Å²) in [4.78, 5) is 0. The number of ether oxygens (including phenoxy) is 1. The minimum Gasteiger partial charge on any atom is -0.493 e. The third-order valence-corrected chi connectivity index (χ3v) is 4.58. The summed E-state index contributed by atoms with van der Waals surface area (Å²) in [6.07, 6.45) is 7.05. The fraction of sp³-hybridized carbons (Fsp3) is 0.684. The van der Waals surface area contributed by atoms with Gasteiger partial charge in [-0.15, -0.1) is 0 Å². The first-order valence-electron chi connectivity index (χ1n) is 8.56. The Balaban J connectivity index is 2.18. The number of hydrogen-bond acceptors (Lipinski definition) is 2. The van der Waals surface area contributed by atoms with Gasteiger partial charge in [0.2, 0.25) is 0 Å². The molecule has 0 aromatic heterocycles. The van der Waals surface area contributed by atoms with Gasteiger partial charge < -0.3 is 10.5 Å². The van der Waals surface area contributed by atoms with Crippen LogP contribution in [0.1, 0.15) is 64.9 Å². The highest BCUT2D eigenvalue weighted by Crippen LogP contribution is 2.43. The molecule has 2 unspecified atom stereocenters. The maximum absolute atomic E-state index is 6.84. The Hall–Kier alpha value is -1.02. The van der Waals surface area contributed by atoms with Gasteiger partial charge in [0.05, 0.1) is 6.61 Å². The van der Waals surface area contributed by atoms with Crippen molar-refractivity contribution in [1.82, 2.24) is 0 Å². The van der Waals surface area contributed by atoms with Crippen molar-refractivity contribution in [2.45, 2.75) is 64.8 Å². The second-order valence-electron chi connectivity index (χ2n) is 7.09. The number of benzene rings is 1. The van der Waals surface area contributed by atoms with Gasteiger partial charge in [-0.3, -0.25) is 0 Å². The fourth-order valence-corrected chi connectivity index (χ4v) is 3.75. The van der Waals surface area contributed by atoms with Gasteiger partial charge in [0, 0.05) is 11.1 Å². The van der Waals surface area contributed by atoms with Gasteiger partial charge in [0.15, 0.2) is 0 Å². The van der Waals surface area contributed by atoms with E-state index in [0.717, 1.165) is 43.5 Å². The third-order valence-electron chi connectivity index (χ3n) is 4.58. The third kappa shape index (κ3) is 4.23. The summed E-state index contributed by atoms with van der Waals surface area (Å²) in [6, 6.07) is 8.38. The minimum absolute atomic E-state index is 0.206. The van der Waals surface area contributed by atoms with Crippen molar-refractivity contribution >= 4 is 0 Å². The predicted octanol–water partition coefficient (Wildman–Crippen LogP) is 4.87. The van der Waals surface area contributed by atoms with Gasteiger partial charge in [-0.1, -0.05) is 51.8 Å². The molecular weight excluding hydrogens is 258 g/mol. The Labute approximate surface area is 130 Å². The molecule has 0 heterocycles. The van der Waals surface area contributed by atoms with E-state index in [1.54, 1.807) is 0 Å².